The number of hydrogen-bond acceptors (Lipinski definition) is 18. The Morgan fingerprint density at radius 2 is 0.671 bits per heavy atom. The number of carboxylic acids is 3. The van der Waals surface area contributed by atoms with Gasteiger partial charge in [-0.25, -0.2) is 4.79 Å². The van der Waals surface area contributed by atoms with Crippen molar-refractivity contribution in [1.82, 2.24) is 16.0 Å². The zero-order chi connectivity index (χ0) is 58.3. The topological polar surface area (TPSA) is 310 Å². The van der Waals surface area contributed by atoms with Gasteiger partial charge in [0.1, 0.15) is 6.04 Å². The van der Waals surface area contributed by atoms with Gasteiger partial charge < -0.3 is 88.1 Å². The van der Waals surface area contributed by atoms with E-state index in [4.69, 9.17) is 67.1 Å². The Labute approximate surface area is 471 Å². The van der Waals surface area contributed by atoms with Crippen molar-refractivity contribution in [3.05, 3.63) is 0 Å². The molecule has 0 aliphatic rings. The Kier molecular flexibility index (Phi) is 62.2. The van der Waals surface area contributed by atoms with E-state index in [1.54, 1.807) is 6.92 Å². The van der Waals surface area contributed by atoms with Gasteiger partial charge in [-0.3, -0.25) is 24.0 Å². The van der Waals surface area contributed by atoms with Crippen molar-refractivity contribution in [2.45, 2.75) is 142 Å². The Bertz CT molecular complexity index is 1400. The smallest absolute Gasteiger partial charge is 0.326 e. The first-order valence-corrected chi connectivity index (χ1v) is 28.9. The molecule has 0 spiro atoms. The van der Waals surface area contributed by atoms with Crippen LogP contribution < -0.4 is 16.0 Å². The number of hydrogen-bond donors (Lipinski definition) is 6. The molecular formula is C55H105N3O21. The Balaban J connectivity index is 0. The molecule has 0 heterocycles. The number of rotatable bonds is 62. The van der Waals surface area contributed by atoms with Crippen LogP contribution >= 0.6 is 0 Å². The molecule has 0 radical (unpaired) electrons. The van der Waals surface area contributed by atoms with Gasteiger partial charge in [-0.2, -0.15) is 0 Å². The summed E-state index contributed by atoms with van der Waals surface area (Å²) in [7, 11) is 0. The van der Waals surface area contributed by atoms with E-state index >= 15 is 0 Å². The van der Waals surface area contributed by atoms with Crippen LogP contribution in [0.15, 0.2) is 0 Å². The number of nitrogens with one attached hydrogen (secondary N) is 3. The van der Waals surface area contributed by atoms with Gasteiger partial charge in [-0.05, 0) is 46.0 Å². The predicted octanol–water partition coefficient (Wildman–Crippen LogP) is 4.84. The number of amides is 3. The monoisotopic (exact) mass is 1140 g/mol. The van der Waals surface area contributed by atoms with Crippen LogP contribution in [0.25, 0.3) is 0 Å². The molecule has 0 unspecified atom stereocenters. The van der Waals surface area contributed by atoms with Crippen LogP contribution in [0.2, 0.25) is 0 Å². The van der Waals surface area contributed by atoms with E-state index in [9.17, 15) is 33.9 Å². The molecule has 0 fully saturated rings. The van der Waals surface area contributed by atoms with Crippen molar-refractivity contribution in [1.29, 1.82) is 0 Å². The molecule has 24 nitrogen and oxygen atoms in total. The van der Waals surface area contributed by atoms with Crippen molar-refractivity contribution < 1.29 is 101 Å². The fraction of sp³-hybridized carbons (Fsp3) is 0.891. The van der Waals surface area contributed by atoms with Crippen LogP contribution in [-0.2, 0) is 85.6 Å². The number of unbranched alkanes of at least 4 members (excludes halogenated alkanes) is 10. The minimum atomic E-state index is -1.23. The van der Waals surface area contributed by atoms with Crippen molar-refractivity contribution in [3.63, 3.8) is 0 Å². The lowest BCUT2D eigenvalue weighted by Crippen LogP contribution is -2.42. The quantitative estimate of drug-likeness (QED) is 0.0444. The van der Waals surface area contributed by atoms with E-state index < -0.39 is 35.8 Å². The normalized spacial score (nSPS) is 11.9. The SMILES string of the molecule is CCOCCOCCOCCOCCNC(=O)CCCCCCCCCCCCC(=O)O.CCOCCOCCOCCOCCOCCOCCOCCOCCC(=O)N[C@@H](CCC(=O)NCCCC[C@H](C)C(=O)O)C(=O)O. The van der Waals surface area contributed by atoms with Crippen LogP contribution in [0.5, 0.6) is 0 Å². The molecule has 0 saturated heterocycles. The maximum atomic E-state index is 12.1. The fourth-order valence-corrected chi connectivity index (χ4v) is 6.79. The van der Waals surface area contributed by atoms with Crippen LogP contribution in [0, 0.1) is 5.92 Å². The predicted molar refractivity (Wildman–Crippen MR) is 294 cm³/mol. The van der Waals surface area contributed by atoms with Crippen molar-refractivity contribution in [2.24, 2.45) is 5.92 Å². The number of aliphatic carboxylic acids is 3. The van der Waals surface area contributed by atoms with Crippen molar-refractivity contribution in [3.8, 4) is 0 Å². The second-order valence-corrected chi connectivity index (χ2v) is 18.1. The summed E-state index contributed by atoms with van der Waals surface area (Å²) in [6.45, 7) is 18.1. The van der Waals surface area contributed by atoms with Crippen LogP contribution in [0.4, 0.5) is 0 Å². The lowest BCUT2D eigenvalue weighted by Gasteiger charge is -2.14. The van der Waals surface area contributed by atoms with Gasteiger partial charge in [0.25, 0.3) is 0 Å². The maximum absolute atomic E-state index is 12.1. The molecule has 79 heavy (non-hydrogen) atoms. The van der Waals surface area contributed by atoms with Gasteiger partial charge in [-0.15, -0.1) is 0 Å². The minimum Gasteiger partial charge on any atom is -0.481 e. The van der Waals surface area contributed by atoms with Crippen LogP contribution in [0.1, 0.15) is 136 Å². The van der Waals surface area contributed by atoms with Gasteiger partial charge in [0.15, 0.2) is 0 Å². The number of carboxylic acid groups (broad SMARTS) is 3. The highest BCUT2D eigenvalue weighted by Gasteiger charge is 2.21. The van der Waals surface area contributed by atoms with Gasteiger partial charge in [0.05, 0.1) is 151 Å². The zero-order valence-electron chi connectivity index (χ0n) is 48.5. The molecule has 0 rings (SSSR count). The van der Waals surface area contributed by atoms with Crippen molar-refractivity contribution in [2.75, 3.05) is 172 Å². The summed E-state index contributed by atoms with van der Waals surface area (Å²) < 4.78 is 64.3. The summed E-state index contributed by atoms with van der Waals surface area (Å²) in [6, 6.07) is -1.19. The number of carbonyl (C=O) groups is 6. The minimum absolute atomic E-state index is 0.0299. The van der Waals surface area contributed by atoms with Crippen molar-refractivity contribution >= 4 is 35.6 Å². The third-order valence-corrected chi connectivity index (χ3v) is 11.3. The Morgan fingerprint density at radius 3 is 1.05 bits per heavy atom. The molecule has 0 aliphatic heterocycles. The Hall–Kier alpha value is -3.66. The lowest BCUT2D eigenvalue weighted by molar-refractivity contribution is -0.142. The molecular weight excluding hydrogens is 1040 g/mol. The van der Waals surface area contributed by atoms with E-state index in [0.717, 1.165) is 32.1 Å². The van der Waals surface area contributed by atoms with E-state index in [0.29, 0.717) is 191 Å². The lowest BCUT2D eigenvalue weighted by atomic mass is 10.0. The highest BCUT2D eigenvalue weighted by atomic mass is 16.6. The molecule has 0 aliphatic carbocycles. The van der Waals surface area contributed by atoms with Crippen LogP contribution in [-0.4, -0.2) is 229 Å². The van der Waals surface area contributed by atoms with Gasteiger partial charge >= 0.3 is 17.9 Å². The van der Waals surface area contributed by atoms with E-state index in [1.807, 2.05) is 13.8 Å². The largest absolute Gasteiger partial charge is 0.481 e. The second kappa shape index (κ2) is 63.5. The van der Waals surface area contributed by atoms with E-state index in [-0.39, 0.29) is 44.3 Å². The zero-order valence-corrected chi connectivity index (χ0v) is 48.5. The first kappa shape index (κ1) is 77.4. The average molecular weight is 1140 g/mol. The number of carbonyl (C=O) groups excluding carboxylic acids is 3. The standard InChI is InChI=1S/C31H58N2O14.C24H47NO7/c1-3-40-12-13-42-16-17-44-20-21-46-24-25-47-23-22-45-19-18-43-15-14-41-11-9-29(35)33-27(31(38)39)7-8-28(34)32-10-5-4-6-26(2)30(36)37;1-2-29-17-18-31-21-22-32-20-19-30-16-15-25-23(26)13-11-9-7-5-3-4-6-8-10-12-14-24(27)28/h26-27H,3-25H2,1-2H3,(H,32,34)(H,33,35)(H,36,37)(H,38,39);2-22H2,1H3,(H,25,26)(H,27,28)/t26-,27-;/m0./s1. The molecule has 24 heteroatoms. The summed E-state index contributed by atoms with van der Waals surface area (Å²) in [5.74, 6) is -3.94. The molecule has 6 N–H and O–H groups in total. The molecule has 0 aromatic carbocycles. The molecule has 2 atom stereocenters. The van der Waals surface area contributed by atoms with E-state index in [2.05, 4.69) is 16.0 Å². The highest BCUT2D eigenvalue weighted by Crippen LogP contribution is 2.12. The Morgan fingerprint density at radius 1 is 0.329 bits per heavy atom. The van der Waals surface area contributed by atoms with E-state index in [1.165, 1.54) is 32.1 Å². The van der Waals surface area contributed by atoms with Gasteiger partial charge in [-0.1, -0.05) is 64.7 Å². The summed E-state index contributed by atoms with van der Waals surface area (Å²) >= 11 is 0. The molecule has 0 aromatic heterocycles. The average Bonchev–Trinajstić information content (AvgIpc) is 3.42. The summed E-state index contributed by atoms with van der Waals surface area (Å²) in [6.07, 6.45) is 13.5. The van der Waals surface area contributed by atoms with Crippen LogP contribution in [0.3, 0.4) is 0 Å². The third-order valence-electron chi connectivity index (χ3n) is 11.3. The summed E-state index contributed by atoms with van der Waals surface area (Å²) in [5, 5.41) is 34.8. The molecule has 466 valence electrons. The number of ether oxygens (including phenoxy) is 12. The first-order chi connectivity index (χ1) is 38.4. The fourth-order valence-electron chi connectivity index (χ4n) is 6.79. The van der Waals surface area contributed by atoms with Gasteiger partial charge in [0.2, 0.25) is 17.7 Å². The molecule has 3 amide bonds. The molecule has 0 bridgehead atoms. The highest BCUT2D eigenvalue weighted by molar-refractivity contribution is 5.84. The molecule has 0 saturated carbocycles. The summed E-state index contributed by atoms with van der Waals surface area (Å²) in [5.41, 5.74) is 0. The third kappa shape index (κ3) is 65.0. The maximum Gasteiger partial charge on any atom is 0.326 e. The van der Waals surface area contributed by atoms with Gasteiger partial charge in [0, 0.05) is 52.0 Å². The first-order valence-electron chi connectivity index (χ1n) is 28.9. The molecule has 0 aromatic rings. The second-order valence-electron chi connectivity index (χ2n) is 18.1. The summed E-state index contributed by atoms with van der Waals surface area (Å²) in [4.78, 5) is 68.6.